The van der Waals surface area contributed by atoms with Crippen LogP contribution >= 0.6 is 0 Å². The number of rotatable bonds is 3. The predicted molar refractivity (Wildman–Crippen MR) is 71.5 cm³/mol. The molecule has 0 aromatic carbocycles. The van der Waals surface area contributed by atoms with E-state index in [-0.39, 0.29) is 17.8 Å². The lowest BCUT2D eigenvalue weighted by atomic mass is 9.93. The van der Waals surface area contributed by atoms with Gasteiger partial charge in [0.15, 0.2) is 0 Å². The van der Waals surface area contributed by atoms with Crippen molar-refractivity contribution in [2.45, 2.75) is 19.3 Å². The van der Waals surface area contributed by atoms with E-state index < -0.39 is 0 Å². The van der Waals surface area contributed by atoms with Gasteiger partial charge >= 0.3 is 5.97 Å². The fourth-order valence-electron chi connectivity index (χ4n) is 2.65. The minimum Gasteiger partial charge on any atom is -0.468 e. The Hall–Kier alpha value is -1.36. The van der Waals surface area contributed by atoms with E-state index >= 15 is 0 Å². The highest BCUT2D eigenvalue weighted by Gasteiger charge is 2.27. The Labute approximate surface area is 114 Å². The number of allylic oxidation sites excluding steroid dienone is 2. The van der Waals surface area contributed by atoms with E-state index in [2.05, 4.69) is 16.9 Å². The van der Waals surface area contributed by atoms with Crippen LogP contribution in [0.15, 0.2) is 12.2 Å². The lowest BCUT2D eigenvalue weighted by Gasteiger charge is -2.36. The summed E-state index contributed by atoms with van der Waals surface area (Å²) in [6.07, 6.45) is 7.12. The first-order chi connectivity index (χ1) is 9.20. The molecule has 1 aliphatic heterocycles. The van der Waals surface area contributed by atoms with Gasteiger partial charge in [0.1, 0.15) is 0 Å². The maximum absolute atomic E-state index is 12.3. The highest BCUT2D eigenvalue weighted by Crippen LogP contribution is 2.21. The van der Waals surface area contributed by atoms with Crippen LogP contribution in [0, 0.1) is 5.92 Å². The second-order valence-electron chi connectivity index (χ2n) is 5.16. The summed E-state index contributed by atoms with van der Waals surface area (Å²) in [5.74, 6) is 0.233. The summed E-state index contributed by atoms with van der Waals surface area (Å²) in [7, 11) is 1.40. The third-order valence-electron chi connectivity index (χ3n) is 3.88. The summed E-state index contributed by atoms with van der Waals surface area (Å²) in [5.41, 5.74) is 0. The van der Waals surface area contributed by atoms with Crippen molar-refractivity contribution in [3.63, 3.8) is 0 Å². The average molecular weight is 266 g/mol. The van der Waals surface area contributed by atoms with Crippen LogP contribution in [0.5, 0.6) is 0 Å². The summed E-state index contributed by atoms with van der Waals surface area (Å²) in [6.45, 7) is 3.27. The number of methoxy groups -OCH3 is 1. The van der Waals surface area contributed by atoms with E-state index in [1.54, 1.807) is 0 Å². The molecular formula is C14H22N2O3. The van der Waals surface area contributed by atoms with Crippen LogP contribution in [-0.2, 0) is 14.3 Å². The summed E-state index contributed by atoms with van der Waals surface area (Å²) in [6, 6.07) is 0. The molecule has 0 aromatic heterocycles. The van der Waals surface area contributed by atoms with Gasteiger partial charge in [-0.2, -0.15) is 0 Å². The number of carbonyl (C=O) groups is 2. The normalized spacial score (nSPS) is 24.3. The number of amides is 1. The van der Waals surface area contributed by atoms with Gasteiger partial charge in [-0.05, 0) is 19.3 Å². The van der Waals surface area contributed by atoms with Crippen LogP contribution in [0.25, 0.3) is 0 Å². The highest BCUT2D eigenvalue weighted by molar-refractivity contribution is 5.79. The molecule has 5 heteroatoms. The minimum absolute atomic E-state index is 0.164. The van der Waals surface area contributed by atoms with Gasteiger partial charge in [-0.3, -0.25) is 14.5 Å². The molecule has 1 aliphatic carbocycles. The number of nitrogens with zero attached hydrogens (tertiary/aromatic N) is 2. The van der Waals surface area contributed by atoms with Gasteiger partial charge < -0.3 is 9.64 Å². The molecule has 0 spiro atoms. The van der Waals surface area contributed by atoms with Gasteiger partial charge in [0.2, 0.25) is 5.91 Å². The standard InChI is InChI=1S/C14H22N2O3/c1-19-13(17)11-15-7-9-16(10-8-15)14(18)12-5-3-2-4-6-12/h2-3,12H,4-11H2,1H3/t12-/m1/s1. The molecule has 1 fully saturated rings. The maximum Gasteiger partial charge on any atom is 0.319 e. The smallest absolute Gasteiger partial charge is 0.319 e. The van der Waals surface area contributed by atoms with Crippen molar-refractivity contribution >= 4 is 11.9 Å². The molecule has 5 nitrogen and oxygen atoms in total. The first-order valence-electron chi connectivity index (χ1n) is 6.93. The largest absolute Gasteiger partial charge is 0.468 e. The van der Waals surface area contributed by atoms with Crippen molar-refractivity contribution < 1.29 is 14.3 Å². The average Bonchev–Trinajstić information content (AvgIpc) is 2.48. The molecule has 2 rings (SSSR count). The molecule has 0 unspecified atom stereocenters. The zero-order valence-electron chi connectivity index (χ0n) is 11.5. The van der Waals surface area contributed by atoms with Gasteiger partial charge in [-0.1, -0.05) is 12.2 Å². The maximum atomic E-state index is 12.3. The molecule has 1 amide bonds. The second kappa shape index (κ2) is 6.70. The Morgan fingerprint density at radius 2 is 1.95 bits per heavy atom. The van der Waals surface area contributed by atoms with Crippen molar-refractivity contribution in [1.82, 2.24) is 9.80 Å². The predicted octanol–water partition coefficient (Wildman–Crippen LogP) is 0.660. The van der Waals surface area contributed by atoms with Crippen molar-refractivity contribution in [2.24, 2.45) is 5.92 Å². The molecule has 0 saturated carbocycles. The highest BCUT2D eigenvalue weighted by atomic mass is 16.5. The van der Waals surface area contributed by atoms with E-state index in [1.165, 1.54) is 7.11 Å². The number of esters is 1. The van der Waals surface area contributed by atoms with E-state index in [0.717, 1.165) is 45.4 Å². The Morgan fingerprint density at radius 3 is 2.53 bits per heavy atom. The molecule has 0 bridgehead atoms. The van der Waals surface area contributed by atoms with Crippen LogP contribution in [0.4, 0.5) is 0 Å². The third kappa shape index (κ3) is 3.80. The molecule has 1 saturated heterocycles. The van der Waals surface area contributed by atoms with Crippen LogP contribution in [-0.4, -0.2) is 61.5 Å². The van der Waals surface area contributed by atoms with E-state index in [1.807, 2.05) is 9.80 Å². The topological polar surface area (TPSA) is 49.9 Å². The number of hydrogen-bond donors (Lipinski definition) is 0. The van der Waals surface area contributed by atoms with E-state index in [4.69, 9.17) is 0 Å². The molecule has 1 heterocycles. The zero-order valence-corrected chi connectivity index (χ0v) is 11.5. The summed E-state index contributed by atoms with van der Waals surface area (Å²) in [4.78, 5) is 27.5. The summed E-state index contributed by atoms with van der Waals surface area (Å²) >= 11 is 0. The first kappa shape index (κ1) is 14.1. The van der Waals surface area contributed by atoms with E-state index in [9.17, 15) is 9.59 Å². The van der Waals surface area contributed by atoms with Gasteiger partial charge in [0.25, 0.3) is 0 Å². The Kier molecular flexibility index (Phi) is 4.96. The van der Waals surface area contributed by atoms with Crippen LogP contribution in [0.1, 0.15) is 19.3 Å². The molecule has 2 aliphatic rings. The van der Waals surface area contributed by atoms with Gasteiger partial charge in [0.05, 0.1) is 13.7 Å². The summed E-state index contributed by atoms with van der Waals surface area (Å²) in [5, 5.41) is 0. The lowest BCUT2D eigenvalue weighted by molar-refractivity contribution is -0.143. The Balaban J connectivity index is 1.77. The monoisotopic (exact) mass is 266 g/mol. The zero-order chi connectivity index (χ0) is 13.7. The van der Waals surface area contributed by atoms with Crippen molar-refractivity contribution in [3.8, 4) is 0 Å². The number of hydrogen-bond acceptors (Lipinski definition) is 4. The SMILES string of the molecule is COC(=O)CN1CCN(C(=O)[C@@H]2CC=CCC2)CC1. The number of carbonyl (C=O) groups excluding carboxylic acids is 2. The van der Waals surface area contributed by atoms with Crippen LogP contribution in [0.2, 0.25) is 0 Å². The molecule has 1 atom stereocenters. The van der Waals surface area contributed by atoms with Crippen molar-refractivity contribution in [2.75, 3.05) is 39.8 Å². The van der Waals surface area contributed by atoms with Crippen LogP contribution < -0.4 is 0 Å². The quantitative estimate of drug-likeness (QED) is 0.556. The number of ether oxygens (including phenoxy) is 1. The molecular weight excluding hydrogens is 244 g/mol. The Morgan fingerprint density at radius 1 is 1.21 bits per heavy atom. The Bertz CT molecular complexity index is 360. The fraction of sp³-hybridized carbons (Fsp3) is 0.714. The van der Waals surface area contributed by atoms with Crippen molar-refractivity contribution in [1.29, 1.82) is 0 Å². The number of piperazine rings is 1. The molecule has 106 valence electrons. The van der Waals surface area contributed by atoms with Gasteiger partial charge in [-0.25, -0.2) is 0 Å². The van der Waals surface area contributed by atoms with Crippen LogP contribution in [0.3, 0.4) is 0 Å². The fourth-order valence-corrected chi connectivity index (χ4v) is 2.65. The third-order valence-corrected chi connectivity index (χ3v) is 3.88. The molecule has 0 radical (unpaired) electrons. The second-order valence-corrected chi connectivity index (χ2v) is 5.16. The molecule has 19 heavy (non-hydrogen) atoms. The molecule has 0 aromatic rings. The summed E-state index contributed by atoms with van der Waals surface area (Å²) < 4.78 is 4.65. The molecule has 0 N–H and O–H groups in total. The van der Waals surface area contributed by atoms with E-state index in [0.29, 0.717) is 6.54 Å². The first-order valence-corrected chi connectivity index (χ1v) is 6.93. The lowest BCUT2D eigenvalue weighted by Crippen LogP contribution is -2.51. The van der Waals surface area contributed by atoms with Gasteiger partial charge in [-0.15, -0.1) is 0 Å². The van der Waals surface area contributed by atoms with Gasteiger partial charge in [0, 0.05) is 32.1 Å². The van der Waals surface area contributed by atoms with Crippen molar-refractivity contribution in [3.05, 3.63) is 12.2 Å². The minimum atomic E-state index is -0.211.